The molecule has 3 rings (SSSR count). The highest BCUT2D eigenvalue weighted by atomic mass is 19.1. The summed E-state index contributed by atoms with van der Waals surface area (Å²) in [4.78, 5) is 15.1. The van der Waals surface area contributed by atoms with Gasteiger partial charge in [0.15, 0.2) is 0 Å². The zero-order valence-corrected chi connectivity index (χ0v) is 11.7. The Bertz CT molecular complexity index is 826. The molecule has 1 heterocycles. The molecule has 0 aliphatic rings. The molecule has 0 radical (unpaired) electrons. The van der Waals surface area contributed by atoms with Gasteiger partial charge in [0.1, 0.15) is 11.6 Å². The largest absolute Gasteiger partial charge is 0.361 e. The van der Waals surface area contributed by atoms with Crippen LogP contribution in [0.2, 0.25) is 0 Å². The molecule has 2 N–H and O–H groups in total. The number of para-hydroxylation sites is 1. The molecule has 0 atom stereocenters. The molecule has 0 bridgehead atoms. The van der Waals surface area contributed by atoms with Crippen molar-refractivity contribution in [2.45, 2.75) is 13.0 Å². The van der Waals surface area contributed by atoms with Crippen molar-refractivity contribution in [3.8, 4) is 0 Å². The first-order valence-electron chi connectivity index (χ1n) is 6.89. The Balaban J connectivity index is 1.67. The summed E-state index contributed by atoms with van der Waals surface area (Å²) in [5, 5.41) is 3.59. The van der Waals surface area contributed by atoms with Crippen molar-refractivity contribution >= 4 is 16.8 Å². The summed E-state index contributed by atoms with van der Waals surface area (Å²) in [7, 11) is 0. The van der Waals surface area contributed by atoms with Gasteiger partial charge >= 0.3 is 0 Å². The molecule has 3 nitrogen and oxygen atoms in total. The first kappa shape index (κ1) is 14.3. The smallest absolute Gasteiger partial charge is 0.224 e. The van der Waals surface area contributed by atoms with Crippen LogP contribution in [0, 0.1) is 11.6 Å². The summed E-state index contributed by atoms with van der Waals surface area (Å²) in [6.45, 7) is -0.0369. The van der Waals surface area contributed by atoms with Crippen LogP contribution in [-0.2, 0) is 17.8 Å². The third-order valence-corrected chi connectivity index (χ3v) is 3.51. The van der Waals surface area contributed by atoms with E-state index in [-0.39, 0.29) is 24.4 Å². The number of halogens is 2. The van der Waals surface area contributed by atoms with Crippen LogP contribution in [0.25, 0.3) is 10.9 Å². The standard InChI is InChI=1S/C17H14F2N2O/c18-13-5-6-15(19)12(7-13)10-21-17(22)8-11-9-20-16-4-2-1-3-14(11)16/h1-7,9,20H,8,10H2,(H,21,22). The van der Waals surface area contributed by atoms with Crippen LogP contribution in [0.3, 0.4) is 0 Å². The average Bonchev–Trinajstić information content (AvgIpc) is 2.91. The van der Waals surface area contributed by atoms with Gasteiger partial charge in [0.2, 0.25) is 5.91 Å². The van der Waals surface area contributed by atoms with Crippen LogP contribution in [0.5, 0.6) is 0 Å². The number of fused-ring (bicyclic) bond motifs is 1. The Morgan fingerprint density at radius 3 is 2.77 bits per heavy atom. The second kappa shape index (κ2) is 5.97. The zero-order chi connectivity index (χ0) is 15.5. The number of nitrogens with one attached hydrogen (secondary N) is 2. The molecule has 0 saturated heterocycles. The van der Waals surface area contributed by atoms with Gasteiger partial charge < -0.3 is 10.3 Å². The maximum Gasteiger partial charge on any atom is 0.224 e. The highest BCUT2D eigenvalue weighted by Gasteiger charge is 2.10. The first-order chi connectivity index (χ1) is 10.6. The van der Waals surface area contributed by atoms with E-state index in [1.54, 1.807) is 6.20 Å². The monoisotopic (exact) mass is 300 g/mol. The summed E-state index contributed by atoms with van der Waals surface area (Å²) in [6.07, 6.45) is 1.97. The highest BCUT2D eigenvalue weighted by Crippen LogP contribution is 2.18. The topological polar surface area (TPSA) is 44.9 Å². The first-order valence-corrected chi connectivity index (χ1v) is 6.89. The minimum Gasteiger partial charge on any atom is -0.361 e. The lowest BCUT2D eigenvalue weighted by molar-refractivity contribution is -0.120. The van der Waals surface area contributed by atoms with Crippen molar-refractivity contribution in [3.05, 3.63) is 71.4 Å². The average molecular weight is 300 g/mol. The number of aromatic nitrogens is 1. The molecule has 0 aliphatic carbocycles. The zero-order valence-electron chi connectivity index (χ0n) is 11.7. The highest BCUT2D eigenvalue weighted by molar-refractivity contribution is 5.88. The molecule has 5 heteroatoms. The Labute approximate surface area is 126 Å². The van der Waals surface area contributed by atoms with E-state index < -0.39 is 11.6 Å². The Hall–Kier alpha value is -2.69. The molecule has 0 saturated carbocycles. The van der Waals surface area contributed by atoms with E-state index in [4.69, 9.17) is 0 Å². The molecule has 0 aliphatic heterocycles. The van der Waals surface area contributed by atoms with Crippen LogP contribution in [0.4, 0.5) is 8.78 Å². The fourth-order valence-corrected chi connectivity index (χ4v) is 2.39. The van der Waals surface area contributed by atoms with Crippen LogP contribution in [0.15, 0.2) is 48.7 Å². The number of hydrogen-bond donors (Lipinski definition) is 2. The van der Waals surface area contributed by atoms with E-state index in [9.17, 15) is 13.6 Å². The molecule has 2 aromatic carbocycles. The van der Waals surface area contributed by atoms with Crippen molar-refractivity contribution < 1.29 is 13.6 Å². The van der Waals surface area contributed by atoms with Gasteiger partial charge in [-0.25, -0.2) is 8.78 Å². The van der Waals surface area contributed by atoms with Crippen LogP contribution in [-0.4, -0.2) is 10.9 Å². The molecule has 112 valence electrons. The lowest BCUT2D eigenvalue weighted by atomic mass is 10.1. The lowest BCUT2D eigenvalue weighted by Crippen LogP contribution is -2.25. The second-order valence-electron chi connectivity index (χ2n) is 5.05. The van der Waals surface area contributed by atoms with Crippen LogP contribution in [0.1, 0.15) is 11.1 Å². The van der Waals surface area contributed by atoms with Crippen molar-refractivity contribution in [1.82, 2.24) is 10.3 Å². The minimum absolute atomic E-state index is 0.0369. The number of rotatable bonds is 4. The normalized spacial score (nSPS) is 10.8. The van der Waals surface area contributed by atoms with Crippen molar-refractivity contribution in [2.75, 3.05) is 0 Å². The number of aromatic amines is 1. The van der Waals surface area contributed by atoms with Gasteiger partial charge in [0.25, 0.3) is 0 Å². The summed E-state index contributed by atoms with van der Waals surface area (Å²) in [5.74, 6) is -1.30. The molecule has 0 spiro atoms. The Morgan fingerprint density at radius 1 is 1.09 bits per heavy atom. The molecule has 0 fully saturated rings. The van der Waals surface area contributed by atoms with E-state index >= 15 is 0 Å². The van der Waals surface area contributed by atoms with Crippen molar-refractivity contribution in [1.29, 1.82) is 0 Å². The third kappa shape index (κ3) is 2.98. The van der Waals surface area contributed by atoms with Gasteiger partial charge in [-0.2, -0.15) is 0 Å². The summed E-state index contributed by atoms with van der Waals surface area (Å²) in [6, 6.07) is 10.9. The molecule has 3 aromatic rings. The van der Waals surface area contributed by atoms with Crippen LogP contribution >= 0.6 is 0 Å². The maximum atomic E-state index is 13.5. The number of carbonyl (C=O) groups is 1. The number of hydrogen-bond acceptors (Lipinski definition) is 1. The quantitative estimate of drug-likeness (QED) is 0.763. The Morgan fingerprint density at radius 2 is 1.91 bits per heavy atom. The molecule has 1 aromatic heterocycles. The predicted octanol–water partition coefficient (Wildman–Crippen LogP) is 3.31. The van der Waals surface area contributed by atoms with Gasteiger partial charge in [-0.1, -0.05) is 18.2 Å². The van der Waals surface area contributed by atoms with Crippen molar-refractivity contribution in [3.63, 3.8) is 0 Å². The number of carbonyl (C=O) groups excluding carboxylic acids is 1. The van der Waals surface area contributed by atoms with Crippen LogP contribution < -0.4 is 5.32 Å². The lowest BCUT2D eigenvalue weighted by Gasteiger charge is -2.06. The van der Waals surface area contributed by atoms with Gasteiger partial charge in [0, 0.05) is 29.2 Å². The number of amides is 1. The predicted molar refractivity (Wildman–Crippen MR) is 80.2 cm³/mol. The molecule has 22 heavy (non-hydrogen) atoms. The fraction of sp³-hybridized carbons (Fsp3) is 0.118. The summed E-state index contributed by atoms with van der Waals surface area (Å²) >= 11 is 0. The van der Waals surface area contributed by atoms with E-state index in [0.717, 1.165) is 34.7 Å². The van der Waals surface area contributed by atoms with E-state index in [1.165, 1.54) is 0 Å². The minimum atomic E-state index is -0.534. The van der Waals surface area contributed by atoms with Crippen molar-refractivity contribution in [2.24, 2.45) is 0 Å². The Kier molecular flexibility index (Phi) is 3.87. The van der Waals surface area contributed by atoms with Gasteiger partial charge in [-0.05, 0) is 29.8 Å². The van der Waals surface area contributed by atoms with E-state index in [2.05, 4.69) is 10.3 Å². The van der Waals surface area contributed by atoms with E-state index in [0.29, 0.717) is 0 Å². The molecular weight excluding hydrogens is 286 g/mol. The SMILES string of the molecule is O=C(Cc1c[nH]c2ccccc12)NCc1cc(F)ccc1F. The molecular formula is C17H14F2N2O. The maximum absolute atomic E-state index is 13.5. The second-order valence-corrected chi connectivity index (χ2v) is 5.05. The van der Waals surface area contributed by atoms with E-state index in [1.807, 2.05) is 24.3 Å². The van der Waals surface area contributed by atoms with Gasteiger partial charge in [-0.3, -0.25) is 4.79 Å². The molecule has 0 unspecified atom stereocenters. The number of H-pyrrole nitrogens is 1. The summed E-state index contributed by atoms with van der Waals surface area (Å²) < 4.78 is 26.6. The molecule has 1 amide bonds. The van der Waals surface area contributed by atoms with Gasteiger partial charge in [-0.15, -0.1) is 0 Å². The fourth-order valence-electron chi connectivity index (χ4n) is 2.39. The summed E-state index contributed by atoms with van der Waals surface area (Å²) in [5.41, 5.74) is 1.96. The third-order valence-electron chi connectivity index (χ3n) is 3.51. The number of benzene rings is 2. The van der Waals surface area contributed by atoms with Gasteiger partial charge in [0.05, 0.1) is 6.42 Å².